The van der Waals surface area contributed by atoms with Crippen molar-refractivity contribution in [3.05, 3.63) is 29.8 Å². The van der Waals surface area contributed by atoms with Crippen molar-refractivity contribution in [1.29, 1.82) is 0 Å². The number of rotatable bonds is 2. The minimum absolute atomic E-state index is 0.221. The van der Waals surface area contributed by atoms with E-state index in [1.165, 1.54) is 25.0 Å². The summed E-state index contributed by atoms with van der Waals surface area (Å²) in [5, 5.41) is 3.46. The molecule has 0 radical (unpaired) electrons. The Morgan fingerprint density at radius 3 is 3.18 bits per heavy atom. The highest BCUT2D eigenvalue weighted by Gasteiger charge is 2.17. The van der Waals surface area contributed by atoms with Crippen LogP contribution >= 0.6 is 0 Å². The lowest BCUT2D eigenvalue weighted by atomic mass is 10.1. The maximum absolute atomic E-state index is 13.1. The topological polar surface area (TPSA) is 29.9 Å². The Morgan fingerprint density at radius 2 is 2.41 bits per heavy atom. The average Bonchev–Trinajstić information content (AvgIpc) is 2.89. The second-order valence-electron chi connectivity index (χ2n) is 4.72. The van der Waals surface area contributed by atoms with Crippen LogP contribution in [0.25, 0.3) is 11.0 Å². The molecule has 1 unspecified atom stereocenters. The van der Waals surface area contributed by atoms with E-state index in [0.717, 1.165) is 29.8 Å². The summed E-state index contributed by atoms with van der Waals surface area (Å²) >= 11 is 0. The first-order valence-corrected chi connectivity index (χ1v) is 6.08. The van der Waals surface area contributed by atoms with Gasteiger partial charge in [0.1, 0.15) is 11.6 Å². The number of fused-ring (bicyclic) bond motifs is 1. The molecule has 1 saturated heterocycles. The minimum atomic E-state index is -0.221. The molecule has 1 fully saturated rings. The summed E-state index contributed by atoms with van der Waals surface area (Å²) < 4.78 is 15.2. The number of aromatic nitrogens is 2. The van der Waals surface area contributed by atoms with Crippen LogP contribution in [0, 0.1) is 5.82 Å². The first-order valence-electron chi connectivity index (χ1n) is 6.08. The molecule has 3 nitrogen and oxygen atoms in total. The fourth-order valence-corrected chi connectivity index (χ4v) is 2.56. The van der Waals surface area contributed by atoms with Crippen molar-refractivity contribution < 1.29 is 4.39 Å². The first-order chi connectivity index (χ1) is 8.24. The van der Waals surface area contributed by atoms with Gasteiger partial charge in [0.15, 0.2) is 0 Å². The predicted molar refractivity (Wildman–Crippen MR) is 65.4 cm³/mol. The molecule has 0 amide bonds. The summed E-state index contributed by atoms with van der Waals surface area (Å²) in [4.78, 5) is 4.52. The Morgan fingerprint density at radius 1 is 1.53 bits per heavy atom. The van der Waals surface area contributed by atoms with E-state index in [9.17, 15) is 4.39 Å². The molecule has 4 heteroatoms. The first kappa shape index (κ1) is 10.7. The van der Waals surface area contributed by atoms with Crippen molar-refractivity contribution in [3.63, 3.8) is 0 Å². The highest BCUT2D eigenvalue weighted by Crippen LogP contribution is 2.18. The molecule has 1 aromatic heterocycles. The van der Waals surface area contributed by atoms with Crippen LogP contribution in [0.1, 0.15) is 18.7 Å². The number of nitrogens with one attached hydrogen (secondary N) is 1. The van der Waals surface area contributed by atoms with Gasteiger partial charge in [-0.05, 0) is 31.5 Å². The van der Waals surface area contributed by atoms with Gasteiger partial charge in [-0.3, -0.25) is 0 Å². The van der Waals surface area contributed by atoms with Crippen LogP contribution in [0.4, 0.5) is 4.39 Å². The van der Waals surface area contributed by atoms with Gasteiger partial charge >= 0.3 is 0 Å². The second-order valence-corrected chi connectivity index (χ2v) is 4.72. The summed E-state index contributed by atoms with van der Waals surface area (Å²) in [5.41, 5.74) is 1.75. The zero-order valence-corrected chi connectivity index (χ0v) is 9.91. The third-order valence-corrected chi connectivity index (χ3v) is 3.53. The van der Waals surface area contributed by atoms with E-state index >= 15 is 0 Å². The fraction of sp³-hybridized carbons (Fsp3) is 0.462. The van der Waals surface area contributed by atoms with Crippen LogP contribution < -0.4 is 5.32 Å². The summed E-state index contributed by atoms with van der Waals surface area (Å²) in [5.74, 6) is 0.811. The predicted octanol–water partition coefficient (Wildman–Crippen LogP) is 2.01. The Labute approximate surface area is 99.7 Å². The van der Waals surface area contributed by atoms with E-state index in [4.69, 9.17) is 0 Å². The highest BCUT2D eigenvalue weighted by molar-refractivity contribution is 5.75. The zero-order chi connectivity index (χ0) is 11.8. The molecule has 3 rings (SSSR count). The number of benzene rings is 1. The summed E-state index contributed by atoms with van der Waals surface area (Å²) in [6, 6.07) is 5.31. The summed E-state index contributed by atoms with van der Waals surface area (Å²) in [7, 11) is 2.00. The molecule has 0 aliphatic carbocycles. The van der Waals surface area contributed by atoms with Gasteiger partial charge in [0, 0.05) is 25.6 Å². The van der Waals surface area contributed by atoms with E-state index < -0.39 is 0 Å². The van der Waals surface area contributed by atoms with Gasteiger partial charge < -0.3 is 9.88 Å². The molecular weight excluding hydrogens is 217 g/mol. The van der Waals surface area contributed by atoms with E-state index in [-0.39, 0.29) is 5.82 Å². The maximum atomic E-state index is 13.1. The monoisotopic (exact) mass is 233 g/mol. The second kappa shape index (κ2) is 4.11. The Kier molecular flexibility index (Phi) is 2.59. The van der Waals surface area contributed by atoms with Crippen LogP contribution in [0.3, 0.4) is 0 Å². The lowest BCUT2D eigenvalue weighted by Gasteiger charge is -2.09. The number of aryl methyl sites for hydroxylation is 1. The number of nitrogens with zero attached hydrogens (tertiary/aromatic N) is 2. The molecule has 0 spiro atoms. The number of halogens is 1. The van der Waals surface area contributed by atoms with Crippen molar-refractivity contribution in [3.8, 4) is 0 Å². The molecule has 90 valence electrons. The molecule has 0 bridgehead atoms. The van der Waals surface area contributed by atoms with Crippen molar-refractivity contribution >= 4 is 11.0 Å². The van der Waals surface area contributed by atoms with Gasteiger partial charge in [-0.1, -0.05) is 0 Å². The van der Waals surface area contributed by atoms with Gasteiger partial charge in [0.05, 0.1) is 11.0 Å². The van der Waals surface area contributed by atoms with Gasteiger partial charge in [-0.25, -0.2) is 9.37 Å². The summed E-state index contributed by atoms with van der Waals surface area (Å²) in [6.07, 6.45) is 3.37. The van der Waals surface area contributed by atoms with E-state index in [0.29, 0.717) is 6.04 Å². The molecule has 0 saturated carbocycles. The molecule has 17 heavy (non-hydrogen) atoms. The quantitative estimate of drug-likeness (QED) is 0.860. The Bertz CT molecular complexity index is 541. The Balaban J connectivity index is 1.96. The smallest absolute Gasteiger partial charge is 0.125 e. The number of hydrogen-bond acceptors (Lipinski definition) is 2. The number of imidazole rings is 1. The molecule has 1 atom stereocenters. The van der Waals surface area contributed by atoms with Gasteiger partial charge in [-0.2, -0.15) is 0 Å². The van der Waals surface area contributed by atoms with Crippen molar-refractivity contribution in [2.45, 2.75) is 25.3 Å². The zero-order valence-electron chi connectivity index (χ0n) is 9.91. The van der Waals surface area contributed by atoms with Crippen LogP contribution in [-0.4, -0.2) is 22.1 Å². The van der Waals surface area contributed by atoms with Crippen LogP contribution in [0.15, 0.2) is 18.2 Å². The highest BCUT2D eigenvalue weighted by atomic mass is 19.1. The van der Waals surface area contributed by atoms with Crippen molar-refractivity contribution in [2.24, 2.45) is 7.05 Å². The molecule has 1 aliphatic heterocycles. The lowest BCUT2D eigenvalue weighted by molar-refractivity contribution is 0.575. The van der Waals surface area contributed by atoms with Crippen LogP contribution in [0.5, 0.6) is 0 Å². The molecule has 1 aromatic carbocycles. The van der Waals surface area contributed by atoms with Crippen LogP contribution in [0.2, 0.25) is 0 Å². The third kappa shape index (κ3) is 1.93. The van der Waals surface area contributed by atoms with Gasteiger partial charge in [0.25, 0.3) is 0 Å². The SMILES string of the molecule is Cn1c(CC2CCCN2)nc2cc(F)ccc21. The van der Waals surface area contributed by atoms with E-state index in [1.54, 1.807) is 6.07 Å². The van der Waals surface area contributed by atoms with E-state index in [2.05, 4.69) is 14.9 Å². The minimum Gasteiger partial charge on any atom is -0.331 e. The van der Waals surface area contributed by atoms with Gasteiger partial charge in [-0.15, -0.1) is 0 Å². The summed E-state index contributed by atoms with van der Waals surface area (Å²) in [6.45, 7) is 1.10. The van der Waals surface area contributed by atoms with Gasteiger partial charge in [0.2, 0.25) is 0 Å². The van der Waals surface area contributed by atoms with Crippen molar-refractivity contribution in [1.82, 2.24) is 14.9 Å². The lowest BCUT2D eigenvalue weighted by Crippen LogP contribution is -2.25. The van der Waals surface area contributed by atoms with E-state index in [1.807, 2.05) is 7.05 Å². The molecule has 1 aliphatic rings. The normalized spacial score (nSPS) is 20.2. The largest absolute Gasteiger partial charge is 0.331 e. The Hall–Kier alpha value is -1.42. The maximum Gasteiger partial charge on any atom is 0.125 e. The van der Waals surface area contributed by atoms with Crippen molar-refractivity contribution in [2.75, 3.05) is 6.54 Å². The molecular formula is C13H16FN3. The molecule has 2 aromatic rings. The molecule has 2 heterocycles. The van der Waals surface area contributed by atoms with Crippen LogP contribution in [-0.2, 0) is 13.5 Å². The average molecular weight is 233 g/mol. The number of hydrogen-bond donors (Lipinski definition) is 1. The fourth-order valence-electron chi connectivity index (χ4n) is 2.56. The molecule has 1 N–H and O–H groups in total. The third-order valence-electron chi connectivity index (χ3n) is 3.53. The standard InChI is InChI=1S/C13H16FN3/c1-17-12-5-4-9(14)7-11(12)16-13(17)8-10-3-2-6-15-10/h4-5,7,10,15H,2-3,6,8H2,1H3.